The molecule has 0 amide bonds. The van der Waals surface area contributed by atoms with E-state index in [-0.39, 0.29) is 23.8 Å². The Hall–Kier alpha value is -1.65. The third kappa shape index (κ3) is 2.90. The van der Waals surface area contributed by atoms with Crippen molar-refractivity contribution in [2.24, 2.45) is 0 Å². The first kappa shape index (κ1) is 11.4. The van der Waals surface area contributed by atoms with Gasteiger partial charge in [-0.05, 0) is 12.0 Å². The molecule has 1 N–H and O–H groups in total. The Labute approximate surface area is 87.8 Å². The van der Waals surface area contributed by atoms with Gasteiger partial charge in [0.2, 0.25) is 0 Å². The smallest absolute Gasteiger partial charge is 0.313 e. The maximum absolute atomic E-state index is 11.5. The van der Waals surface area contributed by atoms with Crippen molar-refractivity contribution in [3.05, 3.63) is 17.5 Å². The predicted molar refractivity (Wildman–Crippen MR) is 53.6 cm³/mol. The van der Waals surface area contributed by atoms with Gasteiger partial charge in [-0.15, -0.1) is 0 Å². The van der Waals surface area contributed by atoms with Gasteiger partial charge < -0.3 is 4.74 Å². The Morgan fingerprint density at radius 2 is 2.20 bits per heavy atom. The fourth-order valence-electron chi connectivity index (χ4n) is 1.07. The minimum Gasteiger partial charge on any atom is -0.469 e. The second-order valence-corrected chi connectivity index (χ2v) is 3.54. The Kier molecular flexibility index (Phi) is 3.60. The van der Waals surface area contributed by atoms with Crippen LogP contribution in [0.15, 0.2) is 6.07 Å². The number of Topliss-reactive ketones (excluding diaryl/α,β-unsaturated/α-hetero) is 1. The number of carbonyl (C=O) groups is 2. The number of nitrogens with zero attached hydrogens (tertiary/aromatic N) is 1. The van der Waals surface area contributed by atoms with Crippen molar-refractivity contribution in [1.29, 1.82) is 0 Å². The molecule has 0 unspecified atom stereocenters. The molecule has 0 atom stereocenters. The number of hydrogen-bond donors (Lipinski definition) is 1. The molecule has 0 aliphatic rings. The van der Waals surface area contributed by atoms with Crippen molar-refractivity contribution < 1.29 is 14.3 Å². The van der Waals surface area contributed by atoms with Crippen LogP contribution in [-0.4, -0.2) is 29.1 Å². The van der Waals surface area contributed by atoms with E-state index in [4.69, 9.17) is 0 Å². The van der Waals surface area contributed by atoms with Crippen LogP contribution in [0.3, 0.4) is 0 Å². The third-order valence-corrected chi connectivity index (χ3v) is 2.04. The van der Waals surface area contributed by atoms with Crippen molar-refractivity contribution in [2.45, 2.75) is 26.2 Å². The highest BCUT2D eigenvalue weighted by molar-refractivity contribution is 6.04. The summed E-state index contributed by atoms with van der Waals surface area (Å²) < 4.78 is 4.40. The van der Waals surface area contributed by atoms with Crippen LogP contribution in [0.1, 0.15) is 42.4 Å². The molecule has 82 valence electrons. The van der Waals surface area contributed by atoms with E-state index in [9.17, 15) is 9.59 Å². The summed E-state index contributed by atoms with van der Waals surface area (Å²) in [7, 11) is 1.25. The summed E-state index contributed by atoms with van der Waals surface area (Å²) in [6.45, 7) is 3.98. The minimum absolute atomic E-state index is 0.265. The molecule has 1 heterocycles. The number of H-pyrrole nitrogens is 1. The number of rotatable bonds is 4. The summed E-state index contributed by atoms with van der Waals surface area (Å²) in [5.41, 5.74) is 1.16. The van der Waals surface area contributed by atoms with Crippen LogP contribution in [0.5, 0.6) is 0 Å². The van der Waals surface area contributed by atoms with E-state index in [0.717, 1.165) is 5.69 Å². The third-order valence-electron chi connectivity index (χ3n) is 2.04. The van der Waals surface area contributed by atoms with Gasteiger partial charge in [0.1, 0.15) is 12.1 Å². The maximum atomic E-state index is 11.5. The van der Waals surface area contributed by atoms with Gasteiger partial charge in [-0.3, -0.25) is 14.7 Å². The van der Waals surface area contributed by atoms with Gasteiger partial charge >= 0.3 is 5.97 Å². The van der Waals surface area contributed by atoms with Crippen molar-refractivity contribution >= 4 is 11.8 Å². The first-order chi connectivity index (χ1) is 7.04. The maximum Gasteiger partial charge on any atom is 0.313 e. The molecule has 0 fully saturated rings. The monoisotopic (exact) mass is 210 g/mol. The molecule has 5 nitrogen and oxygen atoms in total. The number of aromatic amines is 1. The molecule has 0 aromatic carbocycles. The summed E-state index contributed by atoms with van der Waals surface area (Å²) in [4.78, 5) is 22.3. The molecule has 1 aromatic rings. The minimum atomic E-state index is -0.547. The molecule has 5 heteroatoms. The standard InChI is InChI=1S/C10H14N2O3/c1-6(2)7-4-8(12-11-7)9(13)5-10(14)15-3/h4,6H,5H2,1-3H3,(H,11,12). The van der Waals surface area contributed by atoms with Gasteiger partial charge in [-0.2, -0.15) is 5.10 Å². The molecule has 0 spiro atoms. The van der Waals surface area contributed by atoms with E-state index in [1.54, 1.807) is 6.07 Å². The van der Waals surface area contributed by atoms with Crippen LogP contribution in [0.4, 0.5) is 0 Å². The van der Waals surface area contributed by atoms with Crippen molar-refractivity contribution in [2.75, 3.05) is 7.11 Å². The Morgan fingerprint density at radius 1 is 1.53 bits per heavy atom. The lowest BCUT2D eigenvalue weighted by atomic mass is 10.1. The van der Waals surface area contributed by atoms with Gasteiger partial charge in [-0.25, -0.2) is 0 Å². The number of nitrogens with one attached hydrogen (secondary N) is 1. The van der Waals surface area contributed by atoms with Gasteiger partial charge in [0.15, 0.2) is 5.78 Å². The Morgan fingerprint density at radius 3 is 2.67 bits per heavy atom. The van der Waals surface area contributed by atoms with E-state index in [0.29, 0.717) is 0 Å². The average molecular weight is 210 g/mol. The van der Waals surface area contributed by atoms with Gasteiger partial charge in [0.25, 0.3) is 0 Å². The molecule has 1 aromatic heterocycles. The zero-order valence-electron chi connectivity index (χ0n) is 9.03. The Bertz CT molecular complexity index is 368. The molecule has 1 rings (SSSR count). The molecule has 0 aliphatic carbocycles. The largest absolute Gasteiger partial charge is 0.469 e. The van der Waals surface area contributed by atoms with Gasteiger partial charge in [0.05, 0.1) is 7.11 Å². The van der Waals surface area contributed by atoms with E-state index in [1.807, 2.05) is 13.8 Å². The summed E-state index contributed by atoms with van der Waals surface area (Å²) in [6.07, 6.45) is -0.265. The lowest BCUT2D eigenvalue weighted by molar-refractivity contribution is -0.139. The summed E-state index contributed by atoms with van der Waals surface area (Å²) >= 11 is 0. The van der Waals surface area contributed by atoms with E-state index < -0.39 is 5.97 Å². The van der Waals surface area contributed by atoms with Crippen LogP contribution in [0.2, 0.25) is 0 Å². The topological polar surface area (TPSA) is 72.1 Å². The van der Waals surface area contributed by atoms with Crippen molar-refractivity contribution in [1.82, 2.24) is 10.2 Å². The number of methoxy groups -OCH3 is 1. The molecule has 0 saturated heterocycles. The fraction of sp³-hybridized carbons (Fsp3) is 0.500. The molecular formula is C10H14N2O3. The highest BCUT2D eigenvalue weighted by Crippen LogP contribution is 2.12. The zero-order valence-corrected chi connectivity index (χ0v) is 9.03. The van der Waals surface area contributed by atoms with Gasteiger partial charge in [-0.1, -0.05) is 13.8 Å². The van der Waals surface area contributed by atoms with Crippen molar-refractivity contribution in [3.63, 3.8) is 0 Å². The van der Waals surface area contributed by atoms with Crippen LogP contribution < -0.4 is 0 Å². The lowest BCUT2D eigenvalue weighted by Gasteiger charge is -1.96. The number of esters is 1. The number of aromatic nitrogens is 2. The van der Waals surface area contributed by atoms with Crippen LogP contribution >= 0.6 is 0 Å². The van der Waals surface area contributed by atoms with Crippen molar-refractivity contribution in [3.8, 4) is 0 Å². The van der Waals surface area contributed by atoms with Gasteiger partial charge in [0, 0.05) is 5.69 Å². The average Bonchev–Trinajstić information content (AvgIpc) is 2.66. The van der Waals surface area contributed by atoms with Crippen LogP contribution in [0, 0.1) is 0 Å². The normalized spacial score (nSPS) is 10.4. The van der Waals surface area contributed by atoms with E-state index >= 15 is 0 Å². The van der Waals surface area contributed by atoms with Crippen LogP contribution in [-0.2, 0) is 9.53 Å². The highest BCUT2D eigenvalue weighted by Gasteiger charge is 2.15. The molecular weight excluding hydrogens is 196 g/mol. The highest BCUT2D eigenvalue weighted by atomic mass is 16.5. The summed E-state index contributed by atoms with van der Waals surface area (Å²) in [5, 5.41) is 6.60. The summed E-state index contributed by atoms with van der Waals surface area (Å²) in [5.74, 6) is -0.601. The predicted octanol–water partition coefficient (Wildman–Crippen LogP) is 1.28. The summed E-state index contributed by atoms with van der Waals surface area (Å²) in [6, 6.07) is 1.66. The molecule has 15 heavy (non-hydrogen) atoms. The molecule has 0 aliphatic heterocycles. The second kappa shape index (κ2) is 4.72. The number of ether oxygens (including phenoxy) is 1. The number of hydrogen-bond acceptors (Lipinski definition) is 4. The van der Waals surface area contributed by atoms with E-state index in [1.165, 1.54) is 7.11 Å². The number of carbonyl (C=O) groups excluding carboxylic acids is 2. The first-order valence-electron chi connectivity index (χ1n) is 4.70. The van der Waals surface area contributed by atoms with E-state index in [2.05, 4.69) is 14.9 Å². The van der Waals surface area contributed by atoms with Crippen LogP contribution in [0.25, 0.3) is 0 Å². The fourth-order valence-corrected chi connectivity index (χ4v) is 1.07. The second-order valence-electron chi connectivity index (χ2n) is 3.54. The SMILES string of the molecule is COC(=O)CC(=O)c1cc(C(C)C)[nH]n1. The molecule has 0 radical (unpaired) electrons. The lowest BCUT2D eigenvalue weighted by Crippen LogP contribution is -2.09. The quantitative estimate of drug-likeness (QED) is 0.461. The number of ketones is 1. The molecule has 0 bridgehead atoms. The first-order valence-corrected chi connectivity index (χ1v) is 4.70. The Balaban J connectivity index is 2.70. The zero-order chi connectivity index (χ0) is 11.4. The molecule has 0 saturated carbocycles.